The van der Waals surface area contributed by atoms with Crippen molar-refractivity contribution < 1.29 is 4.79 Å². The smallest absolute Gasteiger partial charge is 0.263 e. The number of carbonyl (C=O) groups excluding carboxylic acids is 1. The number of hydrogen-bond donors (Lipinski definition) is 2. The number of hydrogen-bond acceptors (Lipinski definition) is 5. The average molecular weight is 274 g/mol. The van der Waals surface area contributed by atoms with Crippen molar-refractivity contribution in [3.63, 3.8) is 0 Å². The van der Waals surface area contributed by atoms with Gasteiger partial charge in [0, 0.05) is 6.04 Å². The van der Waals surface area contributed by atoms with Crippen molar-refractivity contribution in [2.45, 2.75) is 28.0 Å². The Hall–Kier alpha value is -0.330. The minimum Gasteiger partial charge on any atom is -0.396 e. The highest BCUT2D eigenvalue weighted by Crippen LogP contribution is 2.42. The van der Waals surface area contributed by atoms with Gasteiger partial charge < -0.3 is 11.1 Å². The van der Waals surface area contributed by atoms with Crippen molar-refractivity contribution in [2.75, 3.05) is 18.2 Å². The summed E-state index contributed by atoms with van der Waals surface area (Å²) in [6.45, 7) is 0. The van der Waals surface area contributed by atoms with Gasteiger partial charge in [-0.3, -0.25) is 4.79 Å². The maximum Gasteiger partial charge on any atom is 0.263 e. The Morgan fingerprint density at radius 1 is 1.44 bits per heavy atom. The van der Waals surface area contributed by atoms with E-state index in [9.17, 15) is 4.79 Å². The molecule has 1 aliphatic carbocycles. The first-order valence-corrected chi connectivity index (χ1v) is 8.25. The van der Waals surface area contributed by atoms with Crippen LogP contribution in [0.3, 0.4) is 0 Å². The molecule has 1 aromatic heterocycles. The Labute approximate surface area is 108 Å². The molecule has 1 fully saturated rings. The predicted molar refractivity (Wildman–Crippen MR) is 72.8 cm³/mol. The molecule has 3 N–H and O–H groups in total. The fraction of sp³-hybridized carbons (Fsp3) is 0.500. The predicted octanol–water partition coefficient (Wildman–Crippen LogP) is 2.67. The summed E-state index contributed by atoms with van der Waals surface area (Å²) in [4.78, 5) is 13.6. The second-order valence-electron chi connectivity index (χ2n) is 3.62. The third kappa shape index (κ3) is 2.33. The van der Waals surface area contributed by atoms with Crippen molar-refractivity contribution in [3.05, 3.63) is 4.88 Å². The average Bonchev–Trinajstić information content (AvgIpc) is 3.01. The zero-order valence-corrected chi connectivity index (χ0v) is 11.7. The standard InChI is InChI=1S/C10H14N2OS3/c1-14-8-6(11)7(16-10(8)15-2)9(13)12-5-3-4-5/h5H,3-4,11H2,1-2H3,(H,12,13). The Morgan fingerprint density at radius 3 is 2.56 bits per heavy atom. The van der Waals surface area contributed by atoms with Gasteiger partial charge in [0.05, 0.1) is 14.8 Å². The minimum absolute atomic E-state index is 0.0133. The van der Waals surface area contributed by atoms with Crippen molar-refractivity contribution in [3.8, 4) is 0 Å². The van der Waals surface area contributed by atoms with Crippen molar-refractivity contribution in [1.29, 1.82) is 0 Å². The lowest BCUT2D eigenvalue weighted by Gasteiger charge is -2.01. The molecule has 0 aliphatic heterocycles. The van der Waals surface area contributed by atoms with Crippen LogP contribution in [0, 0.1) is 0 Å². The van der Waals surface area contributed by atoms with Crippen LogP contribution in [0.5, 0.6) is 0 Å². The van der Waals surface area contributed by atoms with Crippen LogP contribution < -0.4 is 11.1 Å². The highest BCUT2D eigenvalue weighted by molar-refractivity contribution is 8.03. The topological polar surface area (TPSA) is 55.1 Å². The maximum absolute atomic E-state index is 11.9. The Morgan fingerprint density at radius 2 is 2.12 bits per heavy atom. The number of anilines is 1. The molecule has 0 aromatic carbocycles. The molecule has 6 heteroatoms. The zero-order chi connectivity index (χ0) is 11.7. The summed E-state index contributed by atoms with van der Waals surface area (Å²) in [5.74, 6) is -0.0133. The molecule has 1 saturated carbocycles. The summed E-state index contributed by atoms with van der Waals surface area (Å²) in [6.07, 6.45) is 6.19. The molecule has 0 atom stereocenters. The van der Waals surface area contributed by atoms with Gasteiger partial charge >= 0.3 is 0 Å². The van der Waals surface area contributed by atoms with Gasteiger partial charge in [-0.1, -0.05) is 0 Å². The number of thioether (sulfide) groups is 2. The normalized spacial score (nSPS) is 15.1. The molecule has 0 bridgehead atoms. The first-order chi connectivity index (χ1) is 7.67. The molecule has 1 aliphatic rings. The van der Waals surface area contributed by atoms with Crippen LogP contribution in [-0.4, -0.2) is 24.5 Å². The molecule has 1 heterocycles. The summed E-state index contributed by atoms with van der Waals surface area (Å²) >= 11 is 4.74. The second-order valence-corrected chi connectivity index (χ2v) is 6.53. The number of carbonyl (C=O) groups is 1. The Bertz CT molecular complexity index is 412. The summed E-state index contributed by atoms with van der Waals surface area (Å²) in [5.41, 5.74) is 6.64. The van der Waals surface area contributed by atoms with Crippen LogP contribution in [0.25, 0.3) is 0 Å². The monoisotopic (exact) mass is 274 g/mol. The molecular weight excluding hydrogens is 260 g/mol. The third-order valence-corrected chi connectivity index (χ3v) is 5.79. The van der Waals surface area contributed by atoms with Crippen LogP contribution in [0.4, 0.5) is 5.69 Å². The van der Waals surface area contributed by atoms with Gasteiger partial charge in [0.15, 0.2) is 0 Å². The quantitative estimate of drug-likeness (QED) is 0.829. The molecule has 2 rings (SSSR count). The van der Waals surface area contributed by atoms with E-state index in [1.54, 1.807) is 23.5 Å². The number of nitrogens with one attached hydrogen (secondary N) is 1. The van der Waals surface area contributed by atoms with Gasteiger partial charge in [-0.15, -0.1) is 34.9 Å². The zero-order valence-electron chi connectivity index (χ0n) is 9.20. The van der Waals surface area contributed by atoms with Gasteiger partial charge in [-0.25, -0.2) is 0 Å². The van der Waals surface area contributed by atoms with E-state index in [4.69, 9.17) is 5.73 Å². The van der Waals surface area contributed by atoms with Gasteiger partial charge in [-0.2, -0.15) is 0 Å². The van der Waals surface area contributed by atoms with Gasteiger partial charge in [0.1, 0.15) is 4.88 Å². The Kier molecular flexibility index (Phi) is 3.71. The number of rotatable bonds is 4. The number of amides is 1. The molecule has 3 nitrogen and oxygen atoms in total. The lowest BCUT2D eigenvalue weighted by Crippen LogP contribution is -2.25. The third-order valence-electron chi connectivity index (χ3n) is 2.38. The van der Waals surface area contributed by atoms with Gasteiger partial charge in [0.2, 0.25) is 0 Å². The highest BCUT2D eigenvalue weighted by atomic mass is 32.2. The number of nitrogen functional groups attached to an aromatic ring is 1. The largest absolute Gasteiger partial charge is 0.396 e. The second kappa shape index (κ2) is 4.89. The van der Waals surface area contributed by atoms with E-state index in [1.807, 2.05) is 12.5 Å². The number of thiophene rings is 1. The maximum atomic E-state index is 11.9. The first-order valence-electron chi connectivity index (χ1n) is 4.98. The van der Waals surface area contributed by atoms with Crippen molar-refractivity contribution >= 4 is 46.5 Å². The molecule has 0 saturated heterocycles. The SMILES string of the molecule is CSc1sc(C(=O)NC2CC2)c(N)c1SC. The molecule has 1 aromatic rings. The molecule has 16 heavy (non-hydrogen) atoms. The molecule has 0 unspecified atom stereocenters. The highest BCUT2D eigenvalue weighted by Gasteiger charge is 2.27. The van der Waals surface area contributed by atoms with Crippen LogP contribution in [-0.2, 0) is 0 Å². The first kappa shape index (κ1) is 12.1. The number of nitrogens with two attached hydrogens (primary N) is 1. The van der Waals surface area contributed by atoms with Crippen LogP contribution in [0.1, 0.15) is 22.5 Å². The van der Waals surface area contributed by atoms with Gasteiger partial charge in [0.25, 0.3) is 5.91 Å². The van der Waals surface area contributed by atoms with E-state index in [0.29, 0.717) is 16.6 Å². The van der Waals surface area contributed by atoms with E-state index < -0.39 is 0 Å². The van der Waals surface area contributed by atoms with Gasteiger partial charge in [-0.05, 0) is 25.4 Å². The molecule has 1 amide bonds. The summed E-state index contributed by atoms with van der Waals surface area (Å²) in [7, 11) is 0. The van der Waals surface area contributed by atoms with E-state index in [-0.39, 0.29) is 5.91 Å². The van der Waals surface area contributed by atoms with E-state index in [0.717, 1.165) is 21.9 Å². The van der Waals surface area contributed by atoms with Crippen LogP contribution >= 0.6 is 34.9 Å². The van der Waals surface area contributed by atoms with E-state index in [2.05, 4.69) is 5.32 Å². The fourth-order valence-corrected chi connectivity index (χ4v) is 4.44. The lowest BCUT2D eigenvalue weighted by atomic mass is 10.4. The van der Waals surface area contributed by atoms with Crippen LogP contribution in [0.15, 0.2) is 9.10 Å². The molecule has 0 spiro atoms. The van der Waals surface area contributed by atoms with Crippen LogP contribution in [0.2, 0.25) is 0 Å². The van der Waals surface area contributed by atoms with Crippen molar-refractivity contribution in [2.24, 2.45) is 0 Å². The molecule has 0 radical (unpaired) electrons. The lowest BCUT2D eigenvalue weighted by molar-refractivity contribution is 0.0956. The fourth-order valence-electron chi connectivity index (χ4n) is 1.38. The molecular formula is C10H14N2OS3. The Balaban J connectivity index is 2.25. The summed E-state index contributed by atoms with van der Waals surface area (Å²) in [5, 5.41) is 2.97. The summed E-state index contributed by atoms with van der Waals surface area (Å²) in [6, 6.07) is 0.379. The van der Waals surface area contributed by atoms with E-state index in [1.165, 1.54) is 11.3 Å². The van der Waals surface area contributed by atoms with E-state index >= 15 is 0 Å². The van der Waals surface area contributed by atoms with Crippen molar-refractivity contribution in [1.82, 2.24) is 5.32 Å². The minimum atomic E-state index is -0.0133. The summed E-state index contributed by atoms with van der Waals surface area (Å²) < 4.78 is 1.13. The molecule has 88 valence electrons.